The minimum absolute atomic E-state index is 0.183. The maximum absolute atomic E-state index is 13.8. The highest BCUT2D eigenvalue weighted by molar-refractivity contribution is 5.68. The Morgan fingerprint density at radius 2 is 1.93 bits per heavy atom. The summed E-state index contributed by atoms with van der Waals surface area (Å²) in [6, 6.07) is 11.5. The summed E-state index contributed by atoms with van der Waals surface area (Å²) < 4.78 is 32.9. The Labute approximate surface area is 163 Å². The van der Waals surface area contributed by atoms with Gasteiger partial charge in [-0.2, -0.15) is 0 Å². The van der Waals surface area contributed by atoms with Crippen molar-refractivity contribution in [2.45, 2.75) is 32.2 Å². The van der Waals surface area contributed by atoms with Crippen molar-refractivity contribution in [1.82, 2.24) is 4.90 Å². The quantitative estimate of drug-likeness (QED) is 0.732. The van der Waals surface area contributed by atoms with Gasteiger partial charge < -0.3 is 9.84 Å². The van der Waals surface area contributed by atoms with E-state index in [2.05, 4.69) is 4.90 Å². The van der Waals surface area contributed by atoms with E-state index in [-0.39, 0.29) is 12.2 Å². The smallest absolute Gasteiger partial charge is 0.341 e. The first-order valence-corrected chi connectivity index (χ1v) is 9.60. The lowest BCUT2D eigenvalue weighted by atomic mass is 9.91. The van der Waals surface area contributed by atoms with Crippen LogP contribution in [0.4, 0.5) is 8.78 Å². The fraction of sp³-hybridized carbons (Fsp3) is 0.409. The summed E-state index contributed by atoms with van der Waals surface area (Å²) in [5, 5.41) is 8.72. The number of nitrogens with zero attached hydrogens (tertiary/aromatic N) is 1. The van der Waals surface area contributed by atoms with Gasteiger partial charge in [-0.15, -0.1) is 0 Å². The minimum atomic E-state index is -1.00. The van der Waals surface area contributed by atoms with E-state index in [4.69, 9.17) is 9.84 Å². The van der Waals surface area contributed by atoms with Crippen LogP contribution in [-0.2, 0) is 17.8 Å². The summed E-state index contributed by atoms with van der Waals surface area (Å²) in [5.74, 6) is -0.991. The van der Waals surface area contributed by atoms with E-state index in [1.807, 2.05) is 18.2 Å². The molecule has 0 aliphatic carbocycles. The van der Waals surface area contributed by atoms with Crippen LogP contribution in [0.1, 0.15) is 30.4 Å². The van der Waals surface area contributed by atoms with Crippen LogP contribution < -0.4 is 4.74 Å². The summed E-state index contributed by atoms with van der Waals surface area (Å²) in [6.45, 7) is 2.25. The molecular formula is C22H25F2NO3. The number of likely N-dealkylation sites (tertiary alicyclic amines) is 1. The van der Waals surface area contributed by atoms with Gasteiger partial charge in [0.1, 0.15) is 17.4 Å². The number of carbonyl (C=O) groups is 1. The molecule has 1 aliphatic rings. The van der Waals surface area contributed by atoms with E-state index in [0.717, 1.165) is 44.5 Å². The molecule has 2 aromatic rings. The Kier molecular flexibility index (Phi) is 6.98. The molecule has 0 unspecified atom stereocenters. The molecule has 28 heavy (non-hydrogen) atoms. The molecule has 1 N–H and O–H groups in total. The van der Waals surface area contributed by atoms with Crippen LogP contribution in [0, 0.1) is 17.6 Å². The number of carboxylic acids is 1. The number of ether oxygens (including phenoxy) is 1. The van der Waals surface area contributed by atoms with Crippen LogP contribution in [-0.4, -0.2) is 35.7 Å². The van der Waals surface area contributed by atoms with Gasteiger partial charge in [0.2, 0.25) is 0 Å². The zero-order valence-electron chi connectivity index (χ0n) is 15.7. The van der Waals surface area contributed by atoms with Crippen molar-refractivity contribution in [3.05, 3.63) is 65.2 Å². The molecule has 6 heteroatoms. The average Bonchev–Trinajstić information content (AvgIpc) is 2.67. The maximum atomic E-state index is 13.8. The van der Waals surface area contributed by atoms with Crippen molar-refractivity contribution >= 4 is 5.97 Å². The van der Waals surface area contributed by atoms with Gasteiger partial charge in [-0.25, -0.2) is 13.6 Å². The number of halogens is 2. The Morgan fingerprint density at radius 1 is 1.18 bits per heavy atom. The number of piperidine rings is 1. The largest absolute Gasteiger partial charge is 0.482 e. The van der Waals surface area contributed by atoms with Gasteiger partial charge >= 0.3 is 5.97 Å². The lowest BCUT2D eigenvalue weighted by Crippen LogP contribution is -2.35. The van der Waals surface area contributed by atoms with Crippen LogP contribution in [0.3, 0.4) is 0 Å². The van der Waals surface area contributed by atoms with E-state index in [0.29, 0.717) is 18.1 Å². The highest BCUT2D eigenvalue weighted by atomic mass is 19.1. The zero-order chi connectivity index (χ0) is 19.9. The minimum Gasteiger partial charge on any atom is -0.482 e. The molecule has 0 aromatic heterocycles. The molecule has 1 atom stereocenters. The zero-order valence-corrected chi connectivity index (χ0v) is 15.7. The average molecular weight is 389 g/mol. The second-order valence-corrected chi connectivity index (χ2v) is 7.31. The molecule has 3 rings (SSSR count). The Balaban J connectivity index is 1.53. The first-order chi connectivity index (χ1) is 13.5. The third-order valence-electron chi connectivity index (χ3n) is 5.13. The predicted molar refractivity (Wildman–Crippen MR) is 102 cm³/mol. The highest BCUT2D eigenvalue weighted by Crippen LogP contribution is 2.25. The van der Waals surface area contributed by atoms with Gasteiger partial charge in [0.15, 0.2) is 6.61 Å². The van der Waals surface area contributed by atoms with Crippen molar-refractivity contribution in [3.8, 4) is 5.75 Å². The molecule has 0 saturated carbocycles. The van der Waals surface area contributed by atoms with Crippen molar-refractivity contribution < 1.29 is 23.4 Å². The fourth-order valence-electron chi connectivity index (χ4n) is 3.79. The second-order valence-electron chi connectivity index (χ2n) is 7.31. The Hall–Kier alpha value is -2.47. The van der Waals surface area contributed by atoms with Gasteiger partial charge in [-0.3, -0.25) is 4.90 Å². The van der Waals surface area contributed by atoms with Crippen molar-refractivity contribution in [1.29, 1.82) is 0 Å². The van der Waals surface area contributed by atoms with Crippen molar-refractivity contribution in [3.63, 3.8) is 0 Å². The molecule has 2 aromatic carbocycles. The second kappa shape index (κ2) is 9.64. The normalized spacial score (nSPS) is 17.4. The number of carboxylic acid groups (broad SMARTS) is 1. The van der Waals surface area contributed by atoms with E-state index in [1.54, 1.807) is 6.07 Å². The SMILES string of the molecule is O=C(O)COc1cccc(CN2CCC[C@@H](CCc3c(F)cccc3F)C2)c1. The number of benzene rings is 2. The van der Waals surface area contributed by atoms with Gasteiger partial charge in [0, 0.05) is 18.7 Å². The predicted octanol–water partition coefficient (Wildman–Crippen LogP) is 4.27. The van der Waals surface area contributed by atoms with E-state index >= 15 is 0 Å². The van der Waals surface area contributed by atoms with Gasteiger partial charge in [-0.05, 0) is 68.0 Å². The molecular weight excluding hydrogens is 364 g/mol. The standard InChI is InChI=1S/C22H25F2NO3/c23-20-7-2-8-21(24)19(20)10-9-16-5-3-11-25(13-16)14-17-4-1-6-18(12-17)28-15-22(26)27/h1-2,4,6-8,12,16H,3,5,9-11,13-15H2,(H,26,27)/t16-/m0/s1. The molecule has 1 fully saturated rings. The summed E-state index contributed by atoms with van der Waals surface area (Å²) in [6.07, 6.45) is 3.29. The molecule has 1 saturated heterocycles. The first-order valence-electron chi connectivity index (χ1n) is 9.60. The summed E-state index contributed by atoms with van der Waals surface area (Å²) in [7, 11) is 0. The number of hydrogen-bond donors (Lipinski definition) is 1. The number of aliphatic carboxylic acids is 1. The molecule has 0 radical (unpaired) electrons. The topological polar surface area (TPSA) is 49.8 Å². The molecule has 1 aliphatic heterocycles. The van der Waals surface area contributed by atoms with E-state index < -0.39 is 17.6 Å². The lowest BCUT2D eigenvalue weighted by Gasteiger charge is -2.33. The molecule has 0 amide bonds. The van der Waals surface area contributed by atoms with Crippen LogP contribution >= 0.6 is 0 Å². The monoisotopic (exact) mass is 389 g/mol. The maximum Gasteiger partial charge on any atom is 0.341 e. The van der Waals surface area contributed by atoms with Crippen LogP contribution in [0.25, 0.3) is 0 Å². The molecule has 0 spiro atoms. The van der Waals surface area contributed by atoms with Crippen LogP contribution in [0.15, 0.2) is 42.5 Å². The molecule has 4 nitrogen and oxygen atoms in total. The van der Waals surface area contributed by atoms with E-state index in [9.17, 15) is 13.6 Å². The fourth-order valence-corrected chi connectivity index (χ4v) is 3.79. The molecule has 0 bridgehead atoms. The first kappa shape index (κ1) is 20.3. The third kappa shape index (κ3) is 5.76. The summed E-state index contributed by atoms with van der Waals surface area (Å²) in [4.78, 5) is 13.0. The Morgan fingerprint density at radius 3 is 2.68 bits per heavy atom. The Bertz CT molecular complexity index is 792. The van der Waals surface area contributed by atoms with Crippen molar-refractivity contribution in [2.75, 3.05) is 19.7 Å². The number of hydrogen-bond acceptors (Lipinski definition) is 3. The lowest BCUT2D eigenvalue weighted by molar-refractivity contribution is -0.139. The molecule has 150 valence electrons. The third-order valence-corrected chi connectivity index (χ3v) is 5.13. The summed E-state index contributed by atoms with van der Waals surface area (Å²) >= 11 is 0. The van der Waals surface area contributed by atoms with Crippen molar-refractivity contribution in [2.24, 2.45) is 5.92 Å². The van der Waals surface area contributed by atoms with Gasteiger partial charge in [-0.1, -0.05) is 18.2 Å². The van der Waals surface area contributed by atoms with E-state index in [1.165, 1.54) is 18.2 Å². The van der Waals surface area contributed by atoms with Crippen LogP contribution in [0.2, 0.25) is 0 Å². The van der Waals surface area contributed by atoms with Crippen LogP contribution in [0.5, 0.6) is 5.75 Å². The van der Waals surface area contributed by atoms with Gasteiger partial charge in [0.25, 0.3) is 0 Å². The summed E-state index contributed by atoms with van der Waals surface area (Å²) in [5.41, 5.74) is 1.24. The highest BCUT2D eigenvalue weighted by Gasteiger charge is 2.21. The molecule has 1 heterocycles. The number of rotatable bonds is 8. The van der Waals surface area contributed by atoms with Gasteiger partial charge in [0.05, 0.1) is 0 Å².